The zero-order chi connectivity index (χ0) is 15.5. The molecule has 114 valence electrons. The second kappa shape index (κ2) is 6.11. The van der Waals surface area contributed by atoms with Crippen molar-refractivity contribution in [2.24, 2.45) is 11.8 Å². The third-order valence-electron chi connectivity index (χ3n) is 2.88. The molecule has 1 aliphatic rings. The summed E-state index contributed by atoms with van der Waals surface area (Å²) in [5.41, 5.74) is -0.669. The minimum absolute atomic E-state index is 0.00468. The lowest BCUT2D eigenvalue weighted by atomic mass is 9.96. The van der Waals surface area contributed by atoms with Crippen molar-refractivity contribution in [3.05, 3.63) is 0 Å². The molecule has 0 aliphatic carbocycles. The molecular weight excluding hydrogens is 266 g/mol. The number of amides is 1. The molecule has 2 atom stereocenters. The number of carbonyl (C=O) groups excluding carboxylic acids is 2. The lowest BCUT2D eigenvalue weighted by Gasteiger charge is -2.24. The highest BCUT2D eigenvalue weighted by molar-refractivity contribution is 5.84. The standard InChI is InChI=1S/C13H21NO6/c1-5-19-11(17)9-7-14(6-8(9)10(15)16)12(18)20-13(2,3)4/h8-9H,5-7H2,1-4H3,(H,15,16)/t8?,9-/m0/s1. The number of ether oxygens (including phenoxy) is 2. The van der Waals surface area contributed by atoms with Crippen molar-refractivity contribution in [2.45, 2.75) is 33.3 Å². The van der Waals surface area contributed by atoms with Crippen LogP contribution in [-0.2, 0) is 19.1 Å². The molecule has 0 saturated carbocycles. The molecule has 0 radical (unpaired) electrons. The maximum Gasteiger partial charge on any atom is 0.410 e. The number of nitrogens with zero attached hydrogens (tertiary/aromatic N) is 1. The monoisotopic (exact) mass is 287 g/mol. The number of hydrogen-bond donors (Lipinski definition) is 1. The molecule has 0 aromatic carbocycles. The van der Waals surface area contributed by atoms with Crippen LogP contribution in [0.25, 0.3) is 0 Å². The number of esters is 1. The van der Waals surface area contributed by atoms with Crippen LogP contribution >= 0.6 is 0 Å². The molecule has 0 aromatic rings. The number of carbonyl (C=O) groups is 3. The van der Waals surface area contributed by atoms with Crippen molar-refractivity contribution in [3.8, 4) is 0 Å². The van der Waals surface area contributed by atoms with E-state index in [2.05, 4.69) is 0 Å². The fourth-order valence-electron chi connectivity index (χ4n) is 2.02. The van der Waals surface area contributed by atoms with E-state index in [0.29, 0.717) is 0 Å². The van der Waals surface area contributed by atoms with Gasteiger partial charge in [-0.15, -0.1) is 0 Å². The van der Waals surface area contributed by atoms with Crippen LogP contribution in [0.5, 0.6) is 0 Å². The molecule has 0 aromatic heterocycles. The van der Waals surface area contributed by atoms with Crippen LogP contribution in [0.3, 0.4) is 0 Å². The zero-order valence-electron chi connectivity index (χ0n) is 12.2. The van der Waals surface area contributed by atoms with Gasteiger partial charge in [0.15, 0.2) is 0 Å². The largest absolute Gasteiger partial charge is 0.481 e. The molecule has 1 heterocycles. The molecule has 20 heavy (non-hydrogen) atoms. The van der Waals surface area contributed by atoms with Crippen LogP contribution in [0.15, 0.2) is 0 Å². The first-order valence-corrected chi connectivity index (χ1v) is 6.53. The van der Waals surface area contributed by atoms with E-state index in [1.807, 2.05) is 0 Å². The predicted molar refractivity (Wildman–Crippen MR) is 69.1 cm³/mol. The molecule has 1 rings (SSSR count). The van der Waals surface area contributed by atoms with Gasteiger partial charge in [-0.05, 0) is 27.7 Å². The number of likely N-dealkylation sites (tertiary alicyclic amines) is 1. The summed E-state index contributed by atoms with van der Waals surface area (Å²) in [7, 11) is 0. The Morgan fingerprint density at radius 1 is 1.20 bits per heavy atom. The second-order valence-corrected chi connectivity index (χ2v) is 5.69. The number of hydrogen-bond acceptors (Lipinski definition) is 5. The molecule has 1 N–H and O–H groups in total. The van der Waals surface area contributed by atoms with E-state index in [1.165, 1.54) is 4.90 Å². The van der Waals surface area contributed by atoms with Crippen molar-refractivity contribution in [1.29, 1.82) is 0 Å². The highest BCUT2D eigenvalue weighted by Gasteiger charge is 2.45. The van der Waals surface area contributed by atoms with Gasteiger partial charge in [0.2, 0.25) is 0 Å². The fourth-order valence-corrected chi connectivity index (χ4v) is 2.02. The lowest BCUT2D eigenvalue weighted by molar-refractivity contribution is -0.155. The number of carboxylic acids is 1. The van der Waals surface area contributed by atoms with Crippen molar-refractivity contribution >= 4 is 18.0 Å². The average molecular weight is 287 g/mol. The summed E-state index contributed by atoms with van der Waals surface area (Å²) in [6.07, 6.45) is -0.615. The third-order valence-corrected chi connectivity index (χ3v) is 2.88. The van der Waals surface area contributed by atoms with Gasteiger partial charge in [0.05, 0.1) is 18.4 Å². The van der Waals surface area contributed by atoms with E-state index in [4.69, 9.17) is 14.6 Å². The molecule has 1 saturated heterocycles. The van der Waals surface area contributed by atoms with E-state index in [9.17, 15) is 14.4 Å². The Balaban J connectivity index is 2.77. The van der Waals surface area contributed by atoms with Crippen LogP contribution in [0, 0.1) is 11.8 Å². The van der Waals surface area contributed by atoms with Gasteiger partial charge in [0, 0.05) is 13.1 Å². The molecule has 1 fully saturated rings. The topological polar surface area (TPSA) is 93.1 Å². The Bertz CT molecular complexity index is 400. The second-order valence-electron chi connectivity index (χ2n) is 5.69. The normalized spacial score (nSPS) is 22.5. The van der Waals surface area contributed by atoms with E-state index in [0.717, 1.165) is 0 Å². The minimum Gasteiger partial charge on any atom is -0.481 e. The summed E-state index contributed by atoms with van der Waals surface area (Å²) in [5, 5.41) is 9.15. The van der Waals surface area contributed by atoms with Gasteiger partial charge < -0.3 is 19.5 Å². The zero-order valence-corrected chi connectivity index (χ0v) is 12.2. The van der Waals surface area contributed by atoms with Crippen LogP contribution in [0.1, 0.15) is 27.7 Å². The minimum atomic E-state index is -1.12. The molecule has 1 unspecified atom stereocenters. The van der Waals surface area contributed by atoms with Gasteiger partial charge >= 0.3 is 18.0 Å². The van der Waals surface area contributed by atoms with E-state index in [1.54, 1.807) is 27.7 Å². The average Bonchev–Trinajstić information content (AvgIpc) is 2.71. The smallest absolute Gasteiger partial charge is 0.410 e. The number of rotatable bonds is 3. The van der Waals surface area contributed by atoms with Crippen LogP contribution < -0.4 is 0 Å². The van der Waals surface area contributed by atoms with Gasteiger partial charge in [0.1, 0.15) is 5.60 Å². The summed E-state index contributed by atoms with van der Waals surface area (Å²) in [4.78, 5) is 36.1. The Kier molecular flexibility index (Phi) is 4.97. The van der Waals surface area contributed by atoms with E-state index < -0.39 is 35.5 Å². The number of aliphatic carboxylic acids is 1. The Labute approximate surface area is 117 Å². The first kappa shape index (κ1) is 16.3. The van der Waals surface area contributed by atoms with Crippen LogP contribution in [0.4, 0.5) is 4.79 Å². The van der Waals surface area contributed by atoms with Crippen molar-refractivity contribution in [2.75, 3.05) is 19.7 Å². The van der Waals surface area contributed by atoms with Gasteiger partial charge in [-0.25, -0.2) is 4.79 Å². The highest BCUT2D eigenvalue weighted by Crippen LogP contribution is 2.26. The van der Waals surface area contributed by atoms with Gasteiger partial charge in [0.25, 0.3) is 0 Å². The van der Waals surface area contributed by atoms with Gasteiger partial charge in [-0.3, -0.25) is 9.59 Å². The molecule has 0 bridgehead atoms. The van der Waals surface area contributed by atoms with Crippen molar-refractivity contribution < 1.29 is 29.0 Å². The quantitative estimate of drug-likeness (QED) is 0.782. The van der Waals surface area contributed by atoms with Gasteiger partial charge in [-0.1, -0.05) is 0 Å². The first-order valence-electron chi connectivity index (χ1n) is 6.53. The summed E-state index contributed by atoms with van der Waals surface area (Å²) in [5.74, 6) is -3.51. The summed E-state index contributed by atoms with van der Waals surface area (Å²) >= 11 is 0. The van der Waals surface area contributed by atoms with Crippen LogP contribution in [-0.4, -0.2) is 53.3 Å². The molecule has 7 nitrogen and oxygen atoms in total. The molecular formula is C13H21NO6. The Morgan fingerprint density at radius 2 is 1.75 bits per heavy atom. The van der Waals surface area contributed by atoms with Crippen molar-refractivity contribution in [1.82, 2.24) is 4.90 Å². The van der Waals surface area contributed by atoms with Crippen molar-refractivity contribution in [3.63, 3.8) is 0 Å². The fraction of sp³-hybridized carbons (Fsp3) is 0.769. The molecule has 1 amide bonds. The van der Waals surface area contributed by atoms with Crippen LogP contribution in [0.2, 0.25) is 0 Å². The van der Waals surface area contributed by atoms with E-state index in [-0.39, 0.29) is 19.7 Å². The SMILES string of the molecule is CCOC(=O)[C@H]1CN(C(=O)OC(C)(C)C)CC1C(=O)O. The maximum absolute atomic E-state index is 11.9. The van der Waals surface area contributed by atoms with E-state index >= 15 is 0 Å². The molecule has 1 aliphatic heterocycles. The lowest BCUT2D eigenvalue weighted by Crippen LogP contribution is -2.36. The highest BCUT2D eigenvalue weighted by atomic mass is 16.6. The Hall–Kier alpha value is -1.79. The third kappa shape index (κ3) is 4.11. The number of carboxylic acid groups (broad SMARTS) is 1. The van der Waals surface area contributed by atoms with Gasteiger partial charge in [-0.2, -0.15) is 0 Å². The summed E-state index contributed by atoms with van der Waals surface area (Å²) in [6, 6.07) is 0. The summed E-state index contributed by atoms with van der Waals surface area (Å²) in [6.45, 7) is 6.94. The predicted octanol–water partition coefficient (Wildman–Crippen LogP) is 1.12. The first-order chi connectivity index (χ1) is 9.15. The molecule has 0 spiro atoms. The Morgan fingerprint density at radius 3 is 2.20 bits per heavy atom. The molecule has 7 heteroatoms. The summed E-state index contributed by atoms with van der Waals surface area (Å²) < 4.78 is 10.0. The maximum atomic E-state index is 11.9.